The van der Waals surface area contributed by atoms with E-state index in [1.807, 2.05) is 13.8 Å². The summed E-state index contributed by atoms with van der Waals surface area (Å²) in [5.41, 5.74) is 0.0120. The van der Waals surface area contributed by atoms with Gasteiger partial charge in [0, 0.05) is 12.0 Å². The fraction of sp³-hybridized carbons (Fsp3) is 0.538. The van der Waals surface area contributed by atoms with Gasteiger partial charge in [0.1, 0.15) is 5.41 Å². The zero-order valence-corrected chi connectivity index (χ0v) is 19.7. The van der Waals surface area contributed by atoms with Crippen molar-refractivity contribution in [1.29, 1.82) is 0 Å². The molecule has 3 unspecified atom stereocenters. The van der Waals surface area contributed by atoms with Gasteiger partial charge in [-0.3, -0.25) is 4.79 Å². The number of phenols is 1. The molecule has 1 aromatic rings. The van der Waals surface area contributed by atoms with Crippen LogP contribution in [0.5, 0.6) is 5.75 Å². The molecule has 1 aliphatic carbocycles. The number of aromatic hydroxyl groups is 1. The van der Waals surface area contributed by atoms with Gasteiger partial charge in [0.2, 0.25) is 0 Å². The molecule has 0 radical (unpaired) electrons. The lowest BCUT2D eigenvalue weighted by Crippen LogP contribution is -2.58. The third kappa shape index (κ3) is 4.98. The predicted molar refractivity (Wildman–Crippen MR) is 121 cm³/mol. The first kappa shape index (κ1) is 25.0. The highest BCUT2D eigenvalue weighted by Gasteiger charge is 2.60. The Morgan fingerprint density at radius 2 is 1.97 bits per heavy atom. The average molecular weight is 461 g/mol. The van der Waals surface area contributed by atoms with Gasteiger partial charge in [0.25, 0.3) is 0 Å². The molecule has 3 atom stereocenters. The van der Waals surface area contributed by atoms with Crippen LogP contribution in [-0.2, 0) is 23.8 Å². The van der Waals surface area contributed by atoms with Crippen molar-refractivity contribution in [3.8, 4) is 5.75 Å². The molecule has 1 aromatic carbocycles. The highest BCUT2D eigenvalue weighted by Crippen LogP contribution is 2.59. The van der Waals surface area contributed by atoms with E-state index >= 15 is 0 Å². The average Bonchev–Trinajstić information content (AvgIpc) is 2.77. The molecule has 0 amide bonds. The molecule has 7 heteroatoms. The van der Waals surface area contributed by atoms with Gasteiger partial charge in [0.05, 0.1) is 24.9 Å². The predicted octanol–water partition coefficient (Wildman–Crippen LogP) is 5.17. The number of carbonyl (C=O) groups excluding carboxylic acids is 2. The van der Waals surface area contributed by atoms with E-state index in [4.69, 9.17) is 14.2 Å². The number of hydrogen-bond donors (Lipinski definition) is 1. The molecular formula is C26H33FO6. The number of allylic oxidation sites excluding steroid dienone is 2. The number of ether oxygens (including phenoxy) is 3. The molecule has 1 N–H and O–H groups in total. The first-order chi connectivity index (χ1) is 15.6. The minimum Gasteiger partial charge on any atom is -0.505 e. The Labute approximate surface area is 194 Å². The summed E-state index contributed by atoms with van der Waals surface area (Å²) in [6.45, 7) is 7.90. The number of rotatable bonds is 8. The van der Waals surface area contributed by atoms with Crippen LogP contribution >= 0.6 is 0 Å². The molecular weight excluding hydrogens is 427 g/mol. The molecule has 2 bridgehead atoms. The van der Waals surface area contributed by atoms with Crippen LogP contribution in [0.15, 0.2) is 42.0 Å². The highest BCUT2D eigenvalue weighted by molar-refractivity contribution is 5.81. The summed E-state index contributed by atoms with van der Waals surface area (Å²) in [6, 6.07) is 4.27. The van der Waals surface area contributed by atoms with Gasteiger partial charge >= 0.3 is 11.9 Å². The lowest BCUT2D eigenvalue weighted by atomic mass is 9.58. The standard InChI is InChI=1S/C26H33FO6/c1-5-31-22(29)10-8-7-9-17-13-14-26(24(30)32-6-2)16-19(17)23(33-25(26,3)4)18-11-12-21(28)20(27)15-18/h8,10-13,15,19,23,28H,5-7,9,14,16H2,1-4H3/b10-8+. The van der Waals surface area contributed by atoms with Crippen LogP contribution in [0.4, 0.5) is 4.39 Å². The fourth-order valence-corrected chi connectivity index (χ4v) is 4.94. The molecule has 1 saturated heterocycles. The van der Waals surface area contributed by atoms with Crippen LogP contribution in [0.3, 0.4) is 0 Å². The van der Waals surface area contributed by atoms with Crippen LogP contribution in [0.2, 0.25) is 0 Å². The van der Waals surface area contributed by atoms with E-state index in [0.717, 1.165) is 5.57 Å². The molecule has 1 heterocycles. The van der Waals surface area contributed by atoms with Crippen LogP contribution in [-0.4, -0.2) is 35.9 Å². The van der Waals surface area contributed by atoms with Crippen LogP contribution in [0, 0.1) is 17.2 Å². The van der Waals surface area contributed by atoms with Gasteiger partial charge in [-0.2, -0.15) is 0 Å². The molecule has 1 aliphatic heterocycles. The Balaban J connectivity index is 1.93. The largest absolute Gasteiger partial charge is 0.505 e. The quantitative estimate of drug-likeness (QED) is 0.328. The summed E-state index contributed by atoms with van der Waals surface area (Å²) in [6.07, 6.45) is 7.07. The van der Waals surface area contributed by atoms with Crippen molar-refractivity contribution in [3.63, 3.8) is 0 Å². The van der Waals surface area contributed by atoms with Crippen LogP contribution < -0.4 is 0 Å². The summed E-state index contributed by atoms with van der Waals surface area (Å²) < 4.78 is 31.1. The van der Waals surface area contributed by atoms with Gasteiger partial charge in [-0.25, -0.2) is 9.18 Å². The molecule has 0 saturated carbocycles. The summed E-state index contributed by atoms with van der Waals surface area (Å²) in [7, 11) is 0. The Morgan fingerprint density at radius 1 is 1.24 bits per heavy atom. The van der Waals surface area contributed by atoms with Crippen molar-refractivity contribution in [2.75, 3.05) is 13.2 Å². The molecule has 1 fully saturated rings. The van der Waals surface area contributed by atoms with Crippen LogP contribution in [0.1, 0.15) is 65.0 Å². The lowest BCUT2D eigenvalue weighted by molar-refractivity contribution is -0.225. The van der Waals surface area contributed by atoms with Gasteiger partial charge < -0.3 is 19.3 Å². The number of fused-ring (bicyclic) bond motifs is 2. The van der Waals surface area contributed by atoms with Gasteiger partial charge in [-0.05, 0) is 71.1 Å². The smallest absolute Gasteiger partial charge is 0.330 e. The van der Waals surface area contributed by atoms with E-state index in [0.29, 0.717) is 37.9 Å². The minimum atomic E-state index is -0.847. The van der Waals surface area contributed by atoms with Crippen molar-refractivity contribution in [2.24, 2.45) is 11.3 Å². The number of benzene rings is 1. The van der Waals surface area contributed by atoms with E-state index in [9.17, 15) is 19.1 Å². The number of phenolic OH excluding ortho intramolecular Hbond substituents is 1. The Bertz CT molecular complexity index is 950. The van der Waals surface area contributed by atoms with E-state index in [1.54, 1.807) is 26.0 Å². The number of hydrogen-bond acceptors (Lipinski definition) is 6. The van der Waals surface area contributed by atoms with Crippen molar-refractivity contribution >= 4 is 11.9 Å². The van der Waals surface area contributed by atoms with Crippen molar-refractivity contribution in [1.82, 2.24) is 0 Å². The summed E-state index contributed by atoms with van der Waals surface area (Å²) in [5, 5.41) is 9.64. The molecule has 2 aliphatic rings. The van der Waals surface area contributed by atoms with E-state index in [1.165, 1.54) is 18.2 Å². The van der Waals surface area contributed by atoms with E-state index < -0.39 is 28.7 Å². The SMILES string of the molecule is CCOC(=O)/C=C/CCC1=CCC2(C(=O)OCC)CC1C(c1ccc(O)c(F)c1)OC2(C)C. The molecule has 180 valence electrons. The fourth-order valence-electron chi connectivity index (χ4n) is 4.94. The van der Waals surface area contributed by atoms with Crippen molar-refractivity contribution < 1.29 is 33.3 Å². The molecule has 0 aromatic heterocycles. The lowest BCUT2D eigenvalue weighted by Gasteiger charge is -2.55. The Kier molecular flexibility index (Phi) is 7.62. The van der Waals surface area contributed by atoms with Gasteiger partial charge in [0.15, 0.2) is 11.6 Å². The first-order valence-electron chi connectivity index (χ1n) is 11.5. The van der Waals surface area contributed by atoms with E-state index in [2.05, 4.69) is 6.08 Å². The second kappa shape index (κ2) is 10.1. The molecule has 6 nitrogen and oxygen atoms in total. The molecule has 3 rings (SSSR count). The van der Waals surface area contributed by atoms with Crippen molar-refractivity contribution in [3.05, 3.63) is 53.4 Å². The van der Waals surface area contributed by atoms with Gasteiger partial charge in [-0.1, -0.05) is 23.8 Å². The third-order valence-corrected chi connectivity index (χ3v) is 6.80. The maximum atomic E-state index is 14.2. The topological polar surface area (TPSA) is 82.1 Å². The third-order valence-electron chi connectivity index (χ3n) is 6.80. The zero-order chi connectivity index (χ0) is 24.2. The normalized spacial score (nSPS) is 26.0. The Hall–Kier alpha value is -2.67. The summed E-state index contributed by atoms with van der Waals surface area (Å²) >= 11 is 0. The number of carbonyl (C=O) groups is 2. The van der Waals surface area contributed by atoms with Gasteiger partial charge in [-0.15, -0.1) is 0 Å². The summed E-state index contributed by atoms with van der Waals surface area (Å²) in [4.78, 5) is 24.7. The van der Waals surface area contributed by atoms with E-state index in [-0.39, 0.29) is 24.5 Å². The maximum absolute atomic E-state index is 14.2. The maximum Gasteiger partial charge on any atom is 0.330 e. The second-order valence-corrected chi connectivity index (χ2v) is 9.05. The first-order valence-corrected chi connectivity index (χ1v) is 11.5. The monoisotopic (exact) mass is 460 g/mol. The highest BCUT2D eigenvalue weighted by atomic mass is 19.1. The number of esters is 2. The second-order valence-electron chi connectivity index (χ2n) is 9.05. The minimum absolute atomic E-state index is 0.170. The summed E-state index contributed by atoms with van der Waals surface area (Å²) in [5.74, 6) is -1.96. The Morgan fingerprint density at radius 3 is 2.64 bits per heavy atom. The molecule has 0 spiro atoms. The van der Waals surface area contributed by atoms with Crippen LogP contribution in [0.25, 0.3) is 0 Å². The molecule has 33 heavy (non-hydrogen) atoms. The van der Waals surface area contributed by atoms with Crippen molar-refractivity contribution in [2.45, 2.75) is 65.1 Å². The zero-order valence-electron chi connectivity index (χ0n) is 19.7. The number of halogens is 1.